The van der Waals surface area contributed by atoms with Crippen molar-refractivity contribution < 1.29 is 4.74 Å². The van der Waals surface area contributed by atoms with Gasteiger partial charge in [-0.3, -0.25) is 5.73 Å². The van der Waals surface area contributed by atoms with Crippen LogP contribution in [-0.2, 0) is 4.74 Å². The molecule has 2 unspecified atom stereocenters. The third kappa shape index (κ3) is 0.858. The lowest BCUT2D eigenvalue weighted by molar-refractivity contribution is -0.0124. The van der Waals surface area contributed by atoms with E-state index in [-0.39, 0.29) is 0 Å². The molecule has 2 heteroatoms. The van der Waals surface area contributed by atoms with Crippen molar-refractivity contribution in [2.24, 2.45) is 5.92 Å². The predicted molar refractivity (Wildman–Crippen MR) is 31.5 cm³/mol. The number of hydrogen-bond acceptors (Lipinski definition) is 1. The zero-order chi connectivity index (χ0) is 5.98. The van der Waals surface area contributed by atoms with Crippen molar-refractivity contribution in [3.63, 3.8) is 0 Å². The maximum atomic E-state index is 7.01. The van der Waals surface area contributed by atoms with E-state index in [9.17, 15) is 0 Å². The molecular weight excluding hydrogens is 102 g/mol. The highest BCUT2D eigenvalue weighted by molar-refractivity contribution is 4.81. The molecule has 47 valence electrons. The molecule has 0 amide bonds. The number of hydrogen-bond donors (Lipinski definition) is 0. The van der Waals surface area contributed by atoms with Crippen LogP contribution in [-0.4, -0.2) is 19.8 Å². The fraction of sp³-hybridized carbons (Fsp3) is 1.00. The molecule has 0 aliphatic heterocycles. The van der Waals surface area contributed by atoms with E-state index in [1.807, 2.05) is 0 Å². The SMILES string of the molecule is COC1CCC1C[NH]. The molecule has 1 aliphatic rings. The first kappa shape index (κ1) is 6.05. The molecule has 1 aliphatic carbocycles. The minimum atomic E-state index is 0.410. The van der Waals surface area contributed by atoms with Gasteiger partial charge < -0.3 is 4.74 Å². The van der Waals surface area contributed by atoms with Crippen molar-refractivity contribution in [3.05, 3.63) is 0 Å². The van der Waals surface area contributed by atoms with Gasteiger partial charge in [-0.2, -0.15) is 0 Å². The summed E-state index contributed by atoms with van der Waals surface area (Å²) >= 11 is 0. The number of rotatable bonds is 2. The molecule has 0 aromatic heterocycles. The highest BCUT2D eigenvalue weighted by Crippen LogP contribution is 2.28. The van der Waals surface area contributed by atoms with Crippen LogP contribution in [0.15, 0.2) is 0 Å². The monoisotopic (exact) mass is 114 g/mol. The molecule has 0 spiro atoms. The largest absolute Gasteiger partial charge is 0.381 e. The van der Waals surface area contributed by atoms with E-state index in [1.54, 1.807) is 7.11 Å². The van der Waals surface area contributed by atoms with Gasteiger partial charge in [0.05, 0.1) is 6.10 Å². The van der Waals surface area contributed by atoms with Gasteiger partial charge in [-0.25, -0.2) is 0 Å². The third-order valence-electron chi connectivity index (χ3n) is 1.91. The lowest BCUT2D eigenvalue weighted by atomic mass is 9.82. The number of ether oxygens (including phenoxy) is 1. The summed E-state index contributed by atoms with van der Waals surface area (Å²) in [6.07, 6.45) is 2.77. The van der Waals surface area contributed by atoms with Gasteiger partial charge in [0.25, 0.3) is 0 Å². The molecule has 2 atom stereocenters. The molecule has 0 bridgehead atoms. The van der Waals surface area contributed by atoms with Gasteiger partial charge in [0.1, 0.15) is 0 Å². The van der Waals surface area contributed by atoms with E-state index in [1.165, 1.54) is 12.8 Å². The first-order valence-corrected chi connectivity index (χ1v) is 3.06. The molecule has 8 heavy (non-hydrogen) atoms. The summed E-state index contributed by atoms with van der Waals surface area (Å²) < 4.78 is 5.07. The van der Waals surface area contributed by atoms with Gasteiger partial charge >= 0.3 is 0 Å². The molecule has 0 saturated heterocycles. The van der Waals surface area contributed by atoms with E-state index in [2.05, 4.69) is 0 Å². The Bertz CT molecular complexity index is 60.9. The molecule has 1 saturated carbocycles. The Balaban J connectivity index is 2.16. The van der Waals surface area contributed by atoms with Crippen LogP contribution in [0.25, 0.3) is 0 Å². The Morgan fingerprint density at radius 1 is 1.62 bits per heavy atom. The molecule has 0 heterocycles. The van der Waals surface area contributed by atoms with Crippen molar-refractivity contribution in [1.29, 1.82) is 0 Å². The predicted octanol–water partition coefficient (Wildman–Crippen LogP) is 0.694. The van der Waals surface area contributed by atoms with Gasteiger partial charge in [0.15, 0.2) is 0 Å². The minimum absolute atomic E-state index is 0.410. The maximum Gasteiger partial charge on any atom is 0.0612 e. The first-order valence-electron chi connectivity index (χ1n) is 3.06. The molecule has 1 rings (SSSR count). The van der Waals surface area contributed by atoms with Crippen molar-refractivity contribution in [2.45, 2.75) is 18.9 Å². The van der Waals surface area contributed by atoms with Crippen LogP contribution in [0.5, 0.6) is 0 Å². The van der Waals surface area contributed by atoms with E-state index < -0.39 is 0 Å². The summed E-state index contributed by atoms with van der Waals surface area (Å²) in [5.41, 5.74) is 7.01. The normalized spacial score (nSPS) is 36.8. The Labute approximate surface area is 50.0 Å². The molecule has 0 aromatic carbocycles. The van der Waals surface area contributed by atoms with Crippen LogP contribution in [0.1, 0.15) is 12.8 Å². The number of nitrogens with one attached hydrogen (secondary N) is 1. The first-order chi connectivity index (χ1) is 3.88. The minimum Gasteiger partial charge on any atom is -0.381 e. The van der Waals surface area contributed by atoms with E-state index in [4.69, 9.17) is 10.5 Å². The maximum absolute atomic E-state index is 7.01. The van der Waals surface area contributed by atoms with E-state index in [0.717, 1.165) is 0 Å². The van der Waals surface area contributed by atoms with Crippen LogP contribution in [0, 0.1) is 5.92 Å². The summed E-state index contributed by atoms with van der Waals surface area (Å²) in [6.45, 7) is 0.540. The molecule has 0 aromatic rings. The van der Waals surface area contributed by atoms with Gasteiger partial charge in [-0.05, 0) is 18.8 Å². The second kappa shape index (κ2) is 2.46. The van der Waals surface area contributed by atoms with Crippen molar-refractivity contribution in [2.75, 3.05) is 13.7 Å². The standard InChI is InChI=1S/C6H12NO/c1-8-6-3-2-5(6)4-7/h5-7H,2-4H2,1H3. The molecule has 1 N–H and O–H groups in total. The van der Waals surface area contributed by atoms with Gasteiger partial charge in [-0.1, -0.05) is 0 Å². The number of methoxy groups -OCH3 is 1. The Morgan fingerprint density at radius 2 is 2.38 bits per heavy atom. The Morgan fingerprint density at radius 3 is 2.50 bits per heavy atom. The zero-order valence-corrected chi connectivity index (χ0v) is 5.18. The topological polar surface area (TPSA) is 33.0 Å². The van der Waals surface area contributed by atoms with Crippen LogP contribution < -0.4 is 5.73 Å². The summed E-state index contributed by atoms with van der Waals surface area (Å²) in [5, 5.41) is 0. The second-order valence-corrected chi connectivity index (χ2v) is 2.32. The van der Waals surface area contributed by atoms with E-state index in [0.29, 0.717) is 18.6 Å². The van der Waals surface area contributed by atoms with Crippen molar-refractivity contribution in [1.82, 2.24) is 5.73 Å². The van der Waals surface area contributed by atoms with Gasteiger partial charge in [0, 0.05) is 13.7 Å². The summed E-state index contributed by atoms with van der Waals surface area (Å²) in [5.74, 6) is 0.542. The lowest BCUT2D eigenvalue weighted by Crippen LogP contribution is -2.35. The lowest BCUT2D eigenvalue weighted by Gasteiger charge is -2.33. The average Bonchev–Trinajstić information content (AvgIpc) is 1.66. The van der Waals surface area contributed by atoms with E-state index >= 15 is 0 Å². The fourth-order valence-electron chi connectivity index (χ4n) is 1.08. The Kier molecular flexibility index (Phi) is 1.86. The molecule has 2 nitrogen and oxygen atoms in total. The Hall–Kier alpha value is -0.0800. The van der Waals surface area contributed by atoms with Crippen LogP contribution in [0.2, 0.25) is 0 Å². The van der Waals surface area contributed by atoms with Crippen molar-refractivity contribution >= 4 is 0 Å². The molecule has 1 radical (unpaired) electrons. The van der Waals surface area contributed by atoms with Gasteiger partial charge in [0.2, 0.25) is 0 Å². The summed E-state index contributed by atoms with van der Waals surface area (Å²) in [6, 6.07) is 0. The third-order valence-corrected chi connectivity index (χ3v) is 1.91. The fourth-order valence-corrected chi connectivity index (χ4v) is 1.08. The average molecular weight is 114 g/mol. The summed E-state index contributed by atoms with van der Waals surface area (Å²) in [4.78, 5) is 0. The van der Waals surface area contributed by atoms with Gasteiger partial charge in [-0.15, -0.1) is 0 Å². The van der Waals surface area contributed by atoms with Crippen LogP contribution >= 0.6 is 0 Å². The van der Waals surface area contributed by atoms with Crippen molar-refractivity contribution in [3.8, 4) is 0 Å². The molecular formula is C6H12NO. The van der Waals surface area contributed by atoms with Crippen LogP contribution in [0.4, 0.5) is 0 Å². The summed E-state index contributed by atoms with van der Waals surface area (Å²) in [7, 11) is 1.73. The molecule has 1 fully saturated rings. The second-order valence-electron chi connectivity index (χ2n) is 2.32. The smallest absolute Gasteiger partial charge is 0.0612 e. The quantitative estimate of drug-likeness (QED) is 0.520. The zero-order valence-electron chi connectivity index (χ0n) is 5.18. The highest BCUT2D eigenvalue weighted by Gasteiger charge is 2.29. The van der Waals surface area contributed by atoms with Crippen LogP contribution in [0.3, 0.4) is 0 Å². The highest BCUT2D eigenvalue weighted by atomic mass is 16.5.